The number of hydrogen-bond donors (Lipinski definition) is 2. The Balaban J connectivity index is 4.36. The number of nitrogens with two attached hydrogens (primary N) is 1. The van der Waals surface area contributed by atoms with E-state index in [1.165, 1.54) is 19.3 Å². The smallest absolute Gasteiger partial charge is 0.227 e. The molecule has 0 rings (SSSR count). The van der Waals surface area contributed by atoms with E-state index >= 15 is 0 Å². The Bertz CT molecular complexity index is 288. The first-order chi connectivity index (χ1) is 8.44. The number of nitrogens with one attached hydrogen (secondary N) is 1. The van der Waals surface area contributed by atoms with E-state index in [0.717, 1.165) is 13.0 Å². The molecule has 0 aliphatic rings. The van der Waals surface area contributed by atoms with Crippen LogP contribution in [0, 0.1) is 10.8 Å². The Labute approximate surface area is 119 Å². The molecule has 0 saturated heterocycles. The lowest BCUT2D eigenvalue weighted by Crippen LogP contribution is -2.56. The second-order valence-electron chi connectivity index (χ2n) is 7.65. The van der Waals surface area contributed by atoms with Crippen molar-refractivity contribution in [3.05, 3.63) is 0 Å². The molecule has 0 aliphatic heterocycles. The zero-order chi connectivity index (χ0) is 15.3. The fraction of sp³-hybridized carbons (Fsp3) is 0.938. The minimum Gasteiger partial charge on any atom is -0.355 e. The van der Waals surface area contributed by atoms with Gasteiger partial charge in [-0.05, 0) is 39.5 Å². The van der Waals surface area contributed by atoms with Crippen LogP contribution < -0.4 is 11.1 Å². The van der Waals surface area contributed by atoms with Gasteiger partial charge in [0.1, 0.15) is 0 Å². The summed E-state index contributed by atoms with van der Waals surface area (Å²) in [5.74, 6) is 0.0450. The van der Waals surface area contributed by atoms with Crippen molar-refractivity contribution in [2.24, 2.45) is 16.6 Å². The molecule has 3 heteroatoms. The third-order valence-corrected chi connectivity index (χ3v) is 4.36. The number of rotatable bonds is 8. The molecule has 1 amide bonds. The molecule has 0 spiro atoms. The second-order valence-corrected chi connectivity index (χ2v) is 7.65. The molecule has 0 bridgehead atoms. The maximum Gasteiger partial charge on any atom is 0.227 e. The van der Waals surface area contributed by atoms with Crippen LogP contribution in [0.2, 0.25) is 0 Å². The van der Waals surface area contributed by atoms with Crippen molar-refractivity contribution >= 4 is 5.91 Å². The molecule has 0 saturated carbocycles. The van der Waals surface area contributed by atoms with Crippen LogP contribution in [-0.2, 0) is 4.79 Å². The molecule has 3 N–H and O–H groups in total. The Kier molecular flexibility index (Phi) is 6.53. The van der Waals surface area contributed by atoms with E-state index in [1.54, 1.807) is 0 Å². The first-order valence-corrected chi connectivity index (χ1v) is 7.51. The summed E-state index contributed by atoms with van der Waals surface area (Å²) in [4.78, 5) is 12.3. The Morgan fingerprint density at radius 3 is 2.00 bits per heavy atom. The van der Waals surface area contributed by atoms with Crippen molar-refractivity contribution in [3.63, 3.8) is 0 Å². The van der Waals surface area contributed by atoms with Gasteiger partial charge < -0.3 is 11.1 Å². The lowest BCUT2D eigenvalue weighted by Gasteiger charge is -2.38. The van der Waals surface area contributed by atoms with Crippen LogP contribution in [0.25, 0.3) is 0 Å². The first-order valence-electron chi connectivity index (χ1n) is 7.51. The predicted molar refractivity (Wildman–Crippen MR) is 83.0 cm³/mol. The van der Waals surface area contributed by atoms with Gasteiger partial charge in [0.25, 0.3) is 0 Å². The SMILES string of the molecule is CCCCCC(C)(C)CNC(=O)C(C)(C)C(C)(C)N. The molecule has 0 unspecified atom stereocenters. The normalized spacial score (nSPS) is 13.5. The van der Waals surface area contributed by atoms with Gasteiger partial charge in [-0.2, -0.15) is 0 Å². The van der Waals surface area contributed by atoms with Crippen LogP contribution in [-0.4, -0.2) is 18.0 Å². The van der Waals surface area contributed by atoms with E-state index < -0.39 is 11.0 Å². The standard InChI is InChI=1S/C16H34N2O/c1-8-9-10-11-14(2,3)12-18-13(19)15(4,5)16(6,7)17/h8-12,17H2,1-7H3,(H,18,19). The van der Waals surface area contributed by atoms with Gasteiger partial charge in [0.05, 0.1) is 5.41 Å². The third kappa shape index (κ3) is 5.94. The summed E-state index contributed by atoms with van der Waals surface area (Å²) in [6.07, 6.45) is 4.87. The molecule has 0 radical (unpaired) electrons. The van der Waals surface area contributed by atoms with Gasteiger partial charge in [-0.3, -0.25) is 4.79 Å². The highest BCUT2D eigenvalue weighted by atomic mass is 16.2. The zero-order valence-corrected chi connectivity index (χ0v) is 14.0. The van der Waals surface area contributed by atoms with Crippen molar-refractivity contribution in [2.75, 3.05) is 6.54 Å². The highest BCUT2D eigenvalue weighted by Crippen LogP contribution is 2.29. The van der Waals surface area contributed by atoms with E-state index in [9.17, 15) is 4.79 Å². The van der Waals surface area contributed by atoms with Gasteiger partial charge >= 0.3 is 0 Å². The van der Waals surface area contributed by atoms with Crippen molar-refractivity contribution in [1.82, 2.24) is 5.32 Å². The van der Waals surface area contributed by atoms with Crippen LogP contribution in [0.15, 0.2) is 0 Å². The van der Waals surface area contributed by atoms with Crippen LogP contribution in [0.5, 0.6) is 0 Å². The second kappa shape index (κ2) is 6.74. The number of hydrogen-bond acceptors (Lipinski definition) is 2. The van der Waals surface area contributed by atoms with E-state index in [1.807, 2.05) is 27.7 Å². The molecule has 0 aromatic rings. The minimum atomic E-state index is -0.563. The molecule has 0 aliphatic carbocycles. The van der Waals surface area contributed by atoms with Gasteiger partial charge in [0.15, 0.2) is 0 Å². The summed E-state index contributed by atoms with van der Waals surface area (Å²) in [5, 5.41) is 3.08. The molecular weight excluding hydrogens is 236 g/mol. The van der Waals surface area contributed by atoms with Gasteiger partial charge in [0, 0.05) is 12.1 Å². The van der Waals surface area contributed by atoms with E-state index in [0.29, 0.717) is 0 Å². The molecule has 0 aromatic heterocycles. The van der Waals surface area contributed by atoms with Crippen molar-refractivity contribution in [2.45, 2.75) is 79.7 Å². The summed E-state index contributed by atoms with van der Waals surface area (Å²) in [6, 6.07) is 0. The summed E-state index contributed by atoms with van der Waals surface area (Å²) in [7, 11) is 0. The number of amides is 1. The molecule has 0 fully saturated rings. The topological polar surface area (TPSA) is 55.1 Å². The van der Waals surface area contributed by atoms with Crippen molar-refractivity contribution in [1.29, 1.82) is 0 Å². The minimum absolute atomic E-state index is 0.0450. The lowest BCUT2D eigenvalue weighted by molar-refractivity contribution is -0.132. The lowest BCUT2D eigenvalue weighted by atomic mass is 9.74. The molecule has 19 heavy (non-hydrogen) atoms. The van der Waals surface area contributed by atoms with Gasteiger partial charge in [-0.1, -0.05) is 40.0 Å². The zero-order valence-electron chi connectivity index (χ0n) is 14.0. The monoisotopic (exact) mass is 270 g/mol. The highest BCUT2D eigenvalue weighted by Gasteiger charge is 2.40. The Morgan fingerprint density at radius 1 is 1.05 bits per heavy atom. The van der Waals surface area contributed by atoms with Gasteiger partial charge in [-0.25, -0.2) is 0 Å². The molecule has 0 aromatic carbocycles. The molecule has 3 nitrogen and oxygen atoms in total. The average molecular weight is 270 g/mol. The van der Waals surface area contributed by atoms with Crippen LogP contribution in [0.4, 0.5) is 0 Å². The summed E-state index contributed by atoms with van der Waals surface area (Å²) in [5.41, 5.74) is 5.16. The maximum absolute atomic E-state index is 12.3. The largest absolute Gasteiger partial charge is 0.355 e. The number of carbonyl (C=O) groups is 1. The van der Waals surface area contributed by atoms with Crippen LogP contribution in [0.1, 0.15) is 74.1 Å². The van der Waals surface area contributed by atoms with E-state index in [2.05, 4.69) is 26.1 Å². The average Bonchev–Trinajstić information content (AvgIpc) is 2.24. The molecule has 114 valence electrons. The van der Waals surface area contributed by atoms with Crippen molar-refractivity contribution in [3.8, 4) is 0 Å². The summed E-state index contributed by atoms with van der Waals surface area (Å²) >= 11 is 0. The fourth-order valence-electron chi connectivity index (χ4n) is 1.78. The molecular formula is C16H34N2O. The highest BCUT2D eigenvalue weighted by molar-refractivity contribution is 5.83. The number of carbonyl (C=O) groups excluding carboxylic acids is 1. The maximum atomic E-state index is 12.3. The van der Waals surface area contributed by atoms with Crippen LogP contribution in [0.3, 0.4) is 0 Å². The van der Waals surface area contributed by atoms with Crippen LogP contribution >= 0.6 is 0 Å². The summed E-state index contributed by atoms with van der Waals surface area (Å²) < 4.78 is 0. The molecule has 0 heterocycles. The fourth-order valence-corrected chi connectivity index (χ4v) is 1.78. The van der Waals surface area contributed by atoms with E-state index in [-0.39, 0.29) is 11.3 Å². The third-order valence-electron chi connectivity index (χ3n) is 4.36. The van der Waals surface area contributed by atoms with Gasteiger partial charge in [0.2, 0.25) is 5.91 Å². The number of unbranched alkanes of at least 4 members (excludes halogenated alkanes) is 2. The molecule has 0 atom stereocenters. The predicted octanol–water partition coefficient (Wildman–Crippen LogP) is 3.47. The van der Waals surface area contributed by atoms with E-state index in [4.69, 9.17) is 5.73 Å². The quantitative estimate of drug-likeness (QED) is 0.664. The first kappa shape index (κ1) is 18.4. The Morgan fingerprint density at radius 2 is 1.58 bits per heavy atom. The Hall–Kier alpha value is -0.570. The summed E-state index contributed by atoms with van der Waals surface area (Å²) in [6.45, 7) is 15.0. The van der Waals surface area contributed by atoms with Crippen molar-refractivity contribution < 1.29 is 4.79 Å². The van der Waals surface area contributed by atoms with Gasteiger partial charge in [-0.15, -0.1) is 0 Å².